The fraction of sp³-hybridized carbons (Fsp3) is 0.500. The van der Waals surface area contributed by atoms with Gasteiger partial charge in [-0.25, -0.2) is 4.98 Å². The van der Waals surface area contributed by atoms with Crippen LogP contribution in [0.4, 0.5) is 0 Å². The van der Waals surface area contributed by atoms with Gasteiger partial charge in [0.1, 0.15) is 5.78 Å². The summed E-state index contributed by atoms with van der Waals surface area (Å²) in [5, 5.41) is 0. The SMILES string of the molecule is CCC(=O)C(C)Cc1cccc(OC)n1. The molecule has 1 heterocycles. The number of pyridine rings is 1. The summed E-state index contributed by atoms with van der Waals surface area (Å²) in [5.74, 6) is 0.915. The van der Waals surface area contributed by atoms with E-state index in [1.807, 2.05) is 26.0 Å². The summed E-state index contributed by atoms with van der Waals surface area (Å²) in [6, 6.07) is 5.61. The Bertz CT molecular complexity index is 336. The number of aromatic nitrogens is 1. The van der Waals surface area contributed by atoms with E-state index in [9.17, 15) is 4.79 Å². The predicted octanol–water partition coefficient (Wildman–Crippen LogP) is 2.25. The van der Waals surface area contributed by atoms with E-state index in [1.54, 1.807) is 13.2 Å². The molecule has 1 aromatic heterocycles. The fourth-order valence-electron chi connectivity index (χ4n) is 1.46. The largest absolute Gasteiger partial charge is 0.481 e. The van der Waals surface area contributed by atoms with Crippen LogP contribution in [0.2, 0.25) is 0 Å². The van der Waals surface area contributed by atoms with Gasteiger partial charge >= 0.3 is 0 Å². The Balaban J connectivity index is 2.67. The average molecular weight is 207 g/mol. The zero-order valence-electron chi connectivity index (χ0n) is 9.49. The Kier molecular flexibility index (Phi) is 4.28. The molecule has 1 unspecified atom stereocenters. The number of ether oxygens (including phenoxy) is 1. The molecule has 3 nitrogen and oxygen atoms in total. The van der Waals surface area contributed by atoms with Crippen molar-refractivity contribution >= 4 is 5.78 Å². The fourth-order valence-corrected chi connectivity index (χ4v) is 1.46. The lowest BCUT2D eigenvalue weighted by atomic mass is 9.99. The molecule has 0 radical (unpaired) electrons. The first-order valence-corrected chi connectivity index (χ1v) is 5.20. The van der Waals surface area contributed by atoms with Gasteiger partial charge in [0, 0.05) is 24.1 Å². The predicted molar refractivity (Wildman–Crippen MR) is 59.0 cm³/mol. The maximum absolute atomic E-state index is 11.4. The van der Waals surface area contributed by atoms with Crippen molar-refractivity contribution in [2.45, 2.75) is 26.7 Å². The van der Waals surface area contributed by atoms with E-state index in [1.165, 1.54) is 0 Å². The Hall–Kier alpha value is -1.38. The number of hydrogen-bond acceptors (Lipinski definition) is 3. The minimum absolute atomic E-state index is 0.0367. The van der Waals surface area contributed by atoms with Crippen LogP contribution in [0.5, 0.6) is 5.88 Å². The molecular formula is C12H17NO2. The van der Waals surface area contributed by atoms with Crippen LogP contribution in [-0.4, -0.2) is 17.9 Å². The first kappa shape index (κ1) is 11.7. The number of hydrogen-bond donors (Lipinski definition) is 0. The second kappa shape index (κ2) is 5.49. The summed E-state index contributed by atoms with van der Waals surface area (Å²) in [6.07, 6.45) is 1.27. The van der Waals surface area contributed by atoms with Gasteiger partial charge in [-0.05, 0) is 12.5 Å². The standard InChI is InChI=1S/C12H17NO2/c1-4-11(14)9(2)8-10-6-5-7-12(13-10)15-3/h5-7,9H,4,8H2,1-3H3. The second-order valence-corrected chi connectivity index (χ2v) is 3.60. The van der Waals surface area contributed by atoms with Crippen LogP contribution < -0.4 is 4.74 Å². The molecule has 0 aliphatic rings. The molecule has 0 amide bonds. The van der Waals surface area contributed by atoms with Gasteiger partial charge in [-0.2, -0.15) is 0 Å². The normalized spacial score (nSPS) is 12.2. The highest BCUT2D eigenvalue weighted by Gasteiger charge is 2.12. The number of nitrogens with zero attached hydrogens (tertiary/aromatic N) is 1. The summed E-state index contributed by atoms with van der Waals surface area (Å²) in [7, 11) is 1.59. The van der Waals surface area contributed by atoms with Crippen LogP contribution in [-0.2, 0) is 11.2 Å². The van der Waals surface area contributed by atoms with E-state index in [4.69, 9.17) is 4.74 Å². The van der Waals surface area contributed by atoms with Crippen molar-refractivity contribution in [3.05, 3.63) is 23.9 Å². The Labute approximate surface area is 90.5 Å². The molecule has 0 saturated carbocycles. The molecule has 0 aliphatic heterocycles. The van der Waals surface area contributed by atoms with E-state index < -0.39 is 0 Å². The Morgan fingerprint density at radius 1 is 1.53 bits per heavy atom. The van der Waals surface area contributed by atoms with Gasteiger partial charge in [-0.3, -0.25) is 4.79 Å². The molecule has 0 aromatic carbocycles. The molecule has 0 saturated heterocycles. The number of Topliss-reactive ketones (excluding diaryl/α,β-unsaturated/α-hetero) is 1. The third-order valence-corrected chi connectivity index (χ3v) is 2.40. The quantitative estimate of drug-likeness (QED) is 0.743. The minimum atomic E-state index is 0.0367. The van der Waals surface area contributed by atoms with Crippen molar-refractivity contribution < 1.29 is 9.53 Å². The molecule has 15 heavy (non-hydrogen) atoms. The molecule has 82 valence electrons. The smallest absolute Gasteiger partial charge is 0.213 e. The van der Waals surface area contributed by atoms with Crippen LogP contribution >= 0.6 is 0 Å². The van der Waals surface area contributed by atoms with Crippen molar-refractivity contribution in [1.82, 2.24) is 4.98 Å². The molecule has 1 aromatic rings. The lowest BCUT2D eigenvalue weighted by molar-refractivity contribution is -0.122. The molecule has 1 atom stereocenters. The molecule has 0 aliphatic carbocycles. The van der Waals surface area contributed by atoms with Crippen molar-refractivity contribution in [2.75, 3.05) is 7.11 Å². The minimum Gasteiger partial charge on any atom is -0.481 e. The van der Waals surface area contributed by atoms with E-state index in [0.717, 1.165) is 5.69 Å². The number of ketones is 1. The number of rotatable bonds is 5. The lowest BCUT2D eigenvalue weighted by Gasteiger charge is -2.08. The van der Waals surface area contributed by atoms with Gasteiger partial charge in [0.2, 0.25) is 5.88 Å². The zero-order chi connectivity index (χ0) is 11.3. The lowest BCUT2D eigenvalue weighted by Crippen LogP contribution is -2.13. The zero-order valence-corrected chi connectivity index (χ0v) is 9.49. The Morgan fingerprint density at radius 2 is 2.27 bits per heavy atom. The molecule has 0 spiro atoms. The monoisotopic (exact) mass is 207 g/mol. The maximum atomic E-state index is 11.4. The summed E-state index contributed by atoms with van der Waals surface area (Å²) in [6.45, 7) is 3.82. The highest BCUT2D eigenvalue weighted by Crippen LogP contribution is 2.12. The second-order valence-electron chi connectivity index (χ2n) is 3.60. The maximum Gasteiger partial charge on any atom is 0.213 e. The van der Waals surface area contributed by atoms with E-state index in [-0.39, 0.29) is 11.7 Å². The highest BCUT2D eigenvalue weighted by atomic mass is 16.5. The van der Waals surface area contributed by atoms with Gasteiger partial charge in [0.15, 0.2) is 0 Å². The van der Waals surface area contributed by atoms with Crippen molar-refractivity contribution in [3.63, 3.8) is 0 Å². The van der Waals surface area contributed by atoms with Crippen LogP contribution in [0.25, 0.3) is 0 Å². The molecule has 3 heteroatoms. The van der Waals surface area contributed by atoms with Crippen LogP contribution in [0, 0.1) is 5.92 Å². The number of carbonyl (C=O) groups is 1. The van der Waals surface area contributed by atoms with Gasteiger partial charge in [-0.1, -0.05) is 19.9 Å². The van der Waals surface area contributed by atoms with Gasteiger partial charge in [0.25, 0.3) is 0 Å². The number of methoxy groups -OCH3 is 1. The summed E-state index contributed by atoms with van der Waals surface area (Å²) in [5.41, 5.74) is 0.906. The number of carbonyl (C=O) groups excluding carboxylic acids is 1. The molecular weight excluding hydrogens is 190 g/mol. The molecule has 0 N–H and O–H groups in total. The van der Waals surface area contributed by atoms with Crippen molar-refractivity contribution in [3.8, 4) is 5.88 Å². The van der Waals surface area contributed by atoms with Crippen LogP contribution in [0.15, 0.2) is 18.2 Å². The summed E-state index contributed by atoms with van der Waals surface area (Å²) < 4.78 is 5.03. The van der Waals surface area contributed by atoms with Crippen LogP contribution in [0.3, 0.4) is 0 Å². The van der Waals surface area contributed by atoms with Crippen LogP contribution in [0.1, 0.15) is 26.0 Å². The summed E-state index contributed by atoms with van der Waals surface area (Å²) >= 11 is 0. The first-order chi connectivity index (χ1) is 7.17. The van der Waals surface area contributed by atoms with E-state index in [2.05, 4.69) is 4.98 Å². The first-order valence-electron chi connectivity index (χ1n) is 5.20. The van der Waals surface area contributed by atoms with Gasteiger partial charge in [-0.15, -0.1) is 0 Å². The van der Waals surface area contributed by atoms with E-state index in [0.29, 0.717) is 18.7 Å². The highest BCUT2D eigenvalue weighted by molar-refractivity contribution is 5.80. The average Bonchev–Trinajstić information content (AvgIpc) is 2.28. The van der Waals surface area contributed by atoms with E-state index >= 15 is 0 Å². The van der Waals surface area contributed by atoms with Gasteiger partial charge in [0.05, 0.1) is 7.11 Å². The third-order valence-electron chi connectivity index (χ3n) is 2.40. The molecule has 0 fully saturated rings. The van der Waals surface area contributed by atoms with Gasteiger partial charge < -0.3 is 4.74 Å². The molecule has 1 rings (SSSR count). The topological polar surface area (TPSA) is 39.2 Å². The third kappa shape index (κ3) is 3.35. The van der Waals surface area contributed by atoms with Crippen molar-refractivity contribution in [1.29, 1.82) is 0 Å². The Morgan fingerprint density at radius 3 is 2.87 bits per heavy atom. The molecule has 0 bridgehead atoms. The van der Waals surface area contributed by atoms with Crippen molar-refractivity contribution in [2.24, 2.45) is 5.92 Å². The summed E-state index contributed by atoms with van der Waals surface area (Å²) in [4.78, 5) is 15.7.